The van der Waals surface area contributed by atoms with Crippen LogP contribution in [0.5, 0.6) is 0 Å². The van der Waals surface area contributed by atoms with Crippen molar-refractivity contribution >= 4 is 32.9 Å². The van der Waals surface area contributed by atoms with Crippen molar-refractivity contribution < 1.29 is 0 Å². The van der Waals surface area contributed by atoms with Gasteiger partial charge in [0.15, 0.2) is 0 Å². The topological polar surface area (TPSA) is 18.8 Å². The molecule has 0 spiro atoms. The fourth-order valence-electron chi connectivity index (χ4n) is 3.38. The van der Waals surface area contributed by atoms with Crippen LogP contribution in [0.1, 0.15) is 11.1 Å². The number of halogens is 1. The van der Waals surface area contributed by atoms with Crippen LogP contribution in [0.3, 0.4) is 0 Å². The van der Waals surface area contributed by atoms with E-state index < -0.39 is 0 Å². The van der Waals surface area contributed by atoms with Crippen molar-refractivity contribution in [3.63, 3.8) is 0 Å². The molecular weight excluding hydrogens is 386 g/mol. The van der Waals surface area contributed by atoms with Crippen molar-refractivity contribution in [3.05, 3.63) is 82.3 Å². The Bertz CT molecular complexity index is 891. The van der Waals surface area contributed by atoms with Crippen molar-refractivity contribution in [3.8, 4) is 0 Å². The summed E-state index contributed by atoms with van der Waals surface area (Å²) in [7, 11) is 0. The van der Waals surface area contributed by atoms with Gasteiger partial charge in [-0.1, -0.05) is 70.5 Å². The SMILES string of the molecule is Brc1ccc(/C=N\N2CCN(Cc3cccc4ccccc34)CC2)cc1. The zero-order valence-corrected chi connectivity index (χ0v) is 16.3. The molecule has 0 saturated carbocycles. The van der Waals surface area contributed by atoms with Gasteiger partial charge in [0.25, 0.3) is 0 Å². The molecule has 4 heteroatoms. The molecule has 3 aromatic carbocycles. The van der Waals surface area contributed by atoms with Crippen molar-refractivity contribution in [2.45, 2.75) is 6.54 Å². The summed E-state index contributed by atoms with van der Waals surface area (Å²) in [5, 5.41) is 9.50. The van der Waals surface area contributed by atoms with Gasteiger partial charge >= 0.3 is 0 Å². The van der Waals surface area contributed by atoms with Crippen molar-refractivity contribution in [2.24, 2.45) is 5.10 Å². The van der Waals surface area contributed by atoms with Gasteiger partial charge in [-0.15, -0.1) is 0 Å². The molecule has 3 nitrogen and oxygen atoms in total. The monoisotopic (exact) mass is 407 g/mol. The predicted molar refractivity (Wildman–Crippen MR) is 113 cm³/mol. The first-order valence-corrected chi connectivity index (χ1v) is 9.81. The lowest BCUT2D eigenvalue weighted by molar-refractivity contribution is 0.131. The summed E-state index contributed by atoms with van der Waals surface area (Å²) in [6.45, 7) is 5.03. The maximum absolute atomic E-state index is 4.64. The van der Waals surface area contributed by atoms with E-state index in [4.69, 9.17) is 0 Å². The number of fused-ring (bicyclic) bond motifs is 1. The lowest BCUT2D eigenvalue weighted by atomic mass is 10.0. The lowest BCUT2D eigenvalue weighted by Crippen LogP contribution is -2.43. The highest BCUT2D eigenvalue weighted by Crippen LogP contribution is 2.20. The Morgan fingerprint density at radius 3 is 2.38 bits per heavy atom. The Labute approximate surface area is 163 Å². The lowest BCUT2D eigenvalue weighted by Gasteiger charge is -2.33. The molecule has 0 aliphatic carbocycles. The molecule has 1 aliphatic heterocycles. The average Bonchev–Trinajstić information content (AvgIpc) is 2.69. The molecule has 0 atom stereocenters. The Morgan fingerprint density at radius 2 is 1.58 bits per heavy atom. The summed E-state index contributed by atoms with van der Waals surface area (Å²) in [6, 6.07) is 23.5. The summed E-state index contributed by atoms with van der Waals surface area (Å²) in [4.78, 5) is 2.52. The maximum Gasteiger partial charge on any atom is 0.0542 e. The van der Waals surface area contributed by atoms with E-state index in [0.717, 1.165) is 42.8 Å². The van der Waals surface area contributed by atoms with E-state index in [1.54, 1.807) is 0 Å². The van der Waals surface area contributed by atoms with Crippen LogP contribution < -0.4 is 0 Å². The highest BCUT2D eigenvalue weighted by molar-refractivity contribution is 9.10. The second-order valence-corrected chi connectivity index (χ2v) is 7.58. The zero-order valence-electron chi connectivity index (χ0n) is 14.7. The number of nitrogens with zero attached hydrogens (tertiary/aromatic N) is 3. The van der Waals surface area contributed by atoms with Crippen LogP contribution in [0.2, 0.25) is 0 Å². The zero-order chi connectivity index (χ0) is 17.8. The van der Waals surface area contributed by atoms with Gasteiger partial charge in [0, 0.05) is 37.2 Å². The smallest absolute Gasteiger partial charge is 0.0542 e. The van der Waals surface area contributed by atoms with Crippen LogP contribution in [0.4, 0.5) is 0 Å². The summed E-state index contributed by atoms with van der Waals surface area (Å²) < 4.78 is 1.09. The molecule has 0 radical (unpaired) electrons. The van der Waals surface area contributed by atoms with E-state index in [9.17, 15) is 0 Å². The van der Waals surface area contributed by atoms with Crippen LogP contribution in [-0.4, -0.2) is 42.3 Å². The Morgan fingerprint density at radius 1 is 0.846 bits per heavy atom. The normalized spacial score (nSPS) is 15.8. The number of benzene rings is 3. The molecule has 0 bridgehead atoms. The molecular formula is C22H22BrN3. The molecule has 1 aliphatic rings. The number of hydrogen-bond acceptors (Lipinski definition) is 3. The van der Waals surface area contributed by atoms with E-state index in [0.29, 0.717) is 0 Å². The molecule has 0 amide bonds. The minimum Gasteiger partial charge on any atom is -0.295 e. The van der Waals surface area contributed by atoms with Crippen LogP contribution in [-0.2, 0) is 6.54 Å². The summed E-state index contributed by atoms with van der Waals surface area (Å²) in [5.74, 6) is 0. The minimum atomic E-state index is 0.970. The first kappa shape index (κ1) is 17.3. The molecule has 1 heterocycles. The summed E-state index contributed by atoms with van der Waals surface area (Å²) in [5.41, 5.74) is 2.54. The van der Waals surface area contributed by atoms with Crippen LogP contribution >= 0.6 is 15.9 Å². The molecule has 0 N–H and O–H groups in total. The molecule has 3 aromatic rings. The highest BCUT2D eigenvalue weighted by atomic mass is 79.9. The van der Waals surface area contributed by atoms with Crippen LogP contribution in [0.15, 0.2) is 76.3 Å². The fraction of sp³-hybridized carbons (Fsp3) is 0.227. The van der Waals surface area contributed by atoms with E-state index in [1.807, 2.05) is 18.3 Å². The average molecular weight is 408 g/mol. The molecule has 132 valence electrons. The van der Waals surface area contributed by atoms with Crippen LogP contribution in [0.25, 0.3) is 10.8 Å². The van der Waals surface area contributed by atoms with Gasteiger partial charge in [0.05, 0.1) is 6.21 Å². The fourth-order valence-corrected chi connectivity index (χ4v) is 3.64. The van der Waals surface area contributed by atoms with Crippen molar-refractivity contribution in [1.29, 1.82) is 0 Å². The largest absolute Gasteiger partial charge is 0.295 e. The molecule has 26 heavy (non-hydrogen) atoms. The molecule has 0 unspecified atom stereocenters. The van der Waals surface area contributed by atoms with E-state index >= 15 is 0 Å². The molecule has 4 rings (SSSR count). The van der Waals surface area contributed by atoms with Gasteiger partial charge in [-0.3, -0.25) is 9.91 Å². The molecule has 1 saturated heterocycles. The Balaban J connectivity index is 1.35. The van der Waals surface area contributed by atoms with E-state index in [1.165, 1.54) is 16.3 Å². The van der Waals surface area contributed by atoms with Gasteiger partial charge < -0.3 is 0 Å². The van der Waals surface area contributed by atoms with Crippen molar-refractivity contribution in [2.75, 3.05) is 26.2 Å². The van der Waals surface area contributed by atoms with Crippen LogP contribution in [0, 0.1) is 0 Å². The Hall–Kier alpha value is -2.17. The quantitative estimate of drug-likeness (QED) is 0.580. The maximum atomic E-state index is 4.64. The van der Waals surface area contributed by atoms with Gasteiger partial charge in [0.2, 0.25) is 0 Å². The highest BCUT2D eigenvalue weighted by Gasteiger charge is 2.16. The number of hydrogen-bond donors (Lipinski definition) is 0. The molecule has 0 aromatic heterocycles. The minimum absolute atomic E-state index is 0.970. The third-order valence-electron chi connectivity index (χ3n) is 4.86. The second kappa shape index (κ2) is 8.02. The van der Waals surface area contributed by atoms with Crippen molar-refractivity contribution in [1.82, 2.24) is 9.91 Å². The van der Waals surface area contributed by atoms with E-state index in [2.05, 4.69) is 85.5 Å². The third kappa shape index (κ3) is 4.14. The standard InChI is InChI=1S/C22H22BrN3/c23-21-10-8-18(9-11-21)16-24-26-14-12-25(13-15-26)17-20-6-3-5-19-4-1-2-7-22(19)20/h1-11,16H,12-15,17H2/b24-16-. The second-order valence-electron chi connectivity index (χ2n) is 6.66. The third-order valence-corrected chi connectivity index (χ3v) is 5.39. The van der Waals surface area contributed by atoms with Gasteiger partial charge in [-0.05, 0) is 34.0 Å². The van der Waals surface area contributed by atoms with Gasteiger partial charge in [-0.2, -0.15) is 5.10 Å². The summed E-state index contributed by atoms with van der Waals surface area (Å²) >= 11 is 3.46. The number of rotatable bonds is 4. The molecule has 1 fully saturated rings. The first-order valence-electron chi connectivity index (χ1n) is 9.01. The Kier molecular flexibility index (Phi) is 5.32. The van der Waals surface area contributed by atoms with E-state index in [-0.39, 0.29) is 0 Å². The number of piperazine rings is 1. The van der Waals surface area contributed by atoms with Gasteiger partial charge in [-0.25, -0.2) is 0 Å². The number of hydrazone groups is 1. The first-order chi connectivity index (χ1) is 12.8. The summed E-state index contributed by atoms with van der Waals surface area (Å²) in [6.07, 6.45) is 1.95. The van der Waals surface area contributed by atoms with Gasteiger partial charge in [0.1, 0.15) is 0 Å². The predicted octanol–water partition coefficient (Wildman–Crippen LogP) is 4.75.